The van der Waals surface area contributed by atoms with E-state index < -0.39 is 144 Å². The molecule has 1 fully saturated rings. The predicted octanol–water partition coefficient (Wildman–Crippen LogP) is 5.52. The highest BCUT2D eigenvalue weighted by Gasteiger charge is 2.45. The van der Waals surface area contributed by atoms with Gasteiger partial charge in [0.15, 0.2) is 11.4 Å². The van der Waals surface area contributed by atoms with Gasteiger partial charge in [0.25, 0.3) is 11.8 Å². The first kappa shape index (κ1) is 89.8. The molecule has 31 nitrogen and oxygen atoms in total. The van der Waals surface area contributed by atoms with Gasteiger partial charge in [-0.1, -0.05) is 143 Å². The first-order valence-corrected chi connectivity index (χ1v) is 38.6. The van der Waals surface area contributed by atoms with E-state index >= 15 is 0 Å². The molecule has 0 bridgehead atoms. The summed E-state index contributed by atoms with van der Waals surface area (Å²) in [5, 5.41) is 28.2. The van der Waals surface area contributed by atoms with Crippen molar-refractivity contribution in [3.05, 3.63) is 88.5 Å². The standard InChI is InChI=1S/C74H111Br2N13O18/c1-15-45(8)63(55(102-13)37-57(91)88-30-20-24-54(88)65(103-14)46(9)66(93)79-47(10)64(92)49-21-17-16-18-22-49)86(11)70(97)59(43(4)5)85-69(96)62(44(6)7)87(12)74(101)107-40-48-25-27-50(28-26-48)80-67(94)51(23-19-29-78-73(77)100)83-68(95)58(42(2)3)84-56(90)41-106-36-35-105-34-33-104-32-31-89-71(98)60-61(72(89)99)82-53(39-76)52(38-75)81-60/h16-18,21-22,25-28,42-47,51,54-55,58-59,62-65,92H,15,19-20,23-24,29-41H2,1-14H3,(H,79,93)(H,80,94)(H,83,95)(H,84,90)(H,85,96)(H3,77,78,100)/t45-,46+,47+,51-,54-,55+,58-,59-,62-,63-,64+,65+/m0/s1. The minimum absolute atomic E-state index is 0.00189. The molecule has 107 heavy (non-hydrogen) atoms. The van der Waals surface area contributed by atoms with Gasteiger partial charge >= 0.3 is 12.1 Å². The van der Waals surface area contributed by atoms with E-state index in [1.165, 1.54) is 26.2 Å². The number of nitrogens with one attached hydrogen (secondary N) is 6. The summed E-state index contributed by atoms with van der Waals surface area (Å²) < 4.78 is 34.4. The molecule has 2 aliphatic rings. The summed E-state index contributed by atoms with van der Waals surface area (Å²) in [6.07, 6.45) is -1.19. The lowest BCUT2D eigenvalue weighted by Gasteiger charge is -2.41. The van der Waals surface area contributed by atoms with Crippen LogP contribution in [0.3, 0.4) is 0 Å². The fraction of sp³-hybridized carbons (Fsp3) is 0.635. The van der Waals surface area contributed by atoms with Crippen LogP contribution in [0.25, 0.3) is 0 Å². The predicted molar refractivity (Wildman–Crippen MR) is 404 cm³/mol. The van der Waals surface area contributed by atoms with Gasteiger partial charge in [0, 0.05) is 57.8 Å². The lowest BCUT2D eigenvalue weighted by atomic mass is 9.89. The van der Waals surface area contributed by atoms with E-state index in [2.05, 4.69) is 73.7 Å². The van der Waals surface area contributed by atoms with Crippen molar-refractivity contribution in [3.8, 4) is 0 Å². The zero-order valence-corrected chi connectivity index (χ0v) is 67.2. The lowest BCUT2D eigenvalue weighted by Crippen LogP contribution is -2.60. The summed E-state index contributed by atoms with van der Waals surface area (Å²) in [6, 6.07) is 8.49. The molecule has 12 amide bonds. The Bertz CT molecular complexity index is 3410. The van der Waals surface area contributed by atoms with Crippen LogP contribution in [0.5, 0.6) is 0 Å². The molecule has 594 valence electrons. The van der Waals surface area contributed by atoms with Crippen LogP contribution in [-0.2, 0) is 79.2 Å². The lowest BCUT2D eigenvalue weighted by molar-refractivity contribution is -0.148. The van der Waals surface area contributed by atoms with Gasteiger partial charge in [0.2, 0.25) is 41.4 Å². The van der Waals surface area contributed by atoms with Gasteiger partial charge in [0.05, 0.1) is 99.7 Å². The number of aliphatic hydroxyl groups is 1. The maximum absolute atomic E-state index is 14.9. The average Bonchev–Trinajstić information content (AvgIpc) is 1.62. The van der Waals surface area contributed by atoms with Crippen molar-refractivity contribution in [2.75, 3.05) is 92.9 Å². The molecule has 0 unspecified atom stereocenters. The Kier molecular flexibility index (Phi) is 37.5. The Morgan fingerprint density at radius 1 is 0.701 bits per heavy atom. The van der Waals surface area contributed by atoms with Crippen LogP contribution in [0.4, 0.5) is 15.3 Å². The zero-order valence-electron chi connectivity index (χ0n) is 64.0. The number of methoxy groups -OCH3 is 2. The van der Waals surface area contributed by atoms with Crippen LogP contribution in [-0.4, -0.2) is 242 Å². The summed E-state index contributed by atoms with van der Waals surface area (Å²) >= 11 is 6.66. The van der Waals surface area contributed by atoms with Crippen LogP contribution in [0, 0.1) is 29.6 Å². The average molecular weight is 1630 g/mol. The van der Waals surface area contributed by atoms with Crippen molar-refractivity contribution < 1.29 is 86.3 Å². The smallest absolute Gasteiger partial charge is 0.410 e. The number of carbonyl (C=O) groups excluding carboxylic acids is 11. The number of aromatic nitrogens is 2. The van der Waals surface area contributed by atoms with Crippen molar-refractivity contribution >= 4 is 103 Å². The van der Waals surface area contributed by atoms with Gasteiger partial charge in [-0.25, -0.2) is 19.6 Å². The van der Waals surface area contributed by atoms with E-state index in [1.807, 2.05) is 32.0 Å². The molecular formula is C74H111Br2N13O18. The molecule has 12 atom stereocenters. The van der Waals surface area contributed by atoms with Crippen LogP contribution in [0.2, 0.25) is 0 Å². The summed E-state index contributed by atoms with van der Waals surface area (Å²) in [5.74, 6) is -6.80. The monoisotopic (exact) mass is 1630 g/mol. The third kappa shape index (κ3) is 25.9. The normalized spacial score (nSPS) is 16.7. The molecule has 3 aromatic rings. The highest BCUT2D eigenvalue weighted by molar-refractivity contribution is 9.09. The number of benzene rings is 2. The largest absolute Gasteiger partial charge is 0.445 e. The number of hydrogen-bond acceptors (Lipinski definition) is 20. The molecule has 2 aromatic carbocycles. The van der Waals surface area contributed by atoms with Crippen molar-refractivity contribution in [2.45, 2.75) is 186 Å². The first-order valence-electron chi connectivity index (χ1n) is 36.3. The second kappa shape index (κ2) is 44.6. The molecule has 33 heteroatoms. The Labute approximate surface area is 644 Å². The molecule has 0 saturated carbocycles. The summed E-state index contributed by atoms with van der Waals surface area (Å²) in [7, 11) is 6.06. The van der Waals surface area contributed by atoms with Gasteiger partial charge in [-0.2, -0.15) is 0 Å². The number of imide groups is 1. The number of nitrogens with two attached hydrogens (primary N) is 1. The van der Waals surface area contributed by atoms with Crippen molar-refractivity contribution in [2.24, 2.45) is 35.3 Å². The third-order valence-electron chi connectivity index (χ3n) is 19.2. The molecule has 2 aliphatic heterocycles. The number of carbonyl (C=O) groups is 11. The number of likely N-dealkylation sites (N-methyl/N-ethyl adjacent to an activating group) is 2. The number of nitrogens with zero attached hydrogens (tertiary/aromatic N) is 6. The Morgan fingerprint density at radius 2 is 1.30 bits per heavy atom. The number of alkyl halides is 2. The summed E-state index contributed by atoms with van der Waals surface area (Å²) in [6.45, 7) is 18.2. The molecule has 9 N–H and O–H groups in total. The van der Waals surface area contributed by atoms with E-state index in [4.69, 9.17) is 34.2 Å². The number of aliphatic hydroxyl groups excluding tert-OH is 1. The number of likely N-dealkylation sites (tertiary alicyclic amines) is 1. The first-order chi connectivity index (χ1) is 50.8. The maximum atomic E-state index is 14.9. The highest BCUT2D eigenvalue weighted by Crippen LogP contribution is 2.31. The molecule has 0 radical (unpaired) electrons. The Morgan fingerprint density at radius 3 is 1.85 bits per heavy atom. The number of urea groups is 1. The van der Waals surface area contributed by atoms with Crippen molar-refractivity contribution in [3.63, 3.8) is 0 Å². The number of fused-ring (bicyclic) bond motifs is 1. The van der Waals surface area contributed by atoms with Crippen LogP contribution in [0.1, 0.15) is 157 Å². The van der Waals surface area contributed by atoms with Crippen molar-refractivity contribution in [1.29, 1.82) is 0 Å². The Balaban J connectivity index is 1.11. The zero-order chi connectivity index (χ0) is 79.4. The van der Waals surface area contributed by atoms with E-state index in [0.29, 0.717) is 64.7 Å². The molecule has 1 saturated heterocycles. The van der Waals surface area contributed by atoms with Gasteiger partial charge in [0.1, 0.15) is 37.4 Å². The Hall–Kier alpha value is -7.79. The second-order valence-electron chi connectivity index (χ2n) is 27.9. The fourth-order valence-corrected chi connectivity index (χ4v) is 13.9. The number of rotatable bonds is 45. The molecule has 5 rings (SSSR count). The quantitative estimate of drug-likeness (QED) is 0.0196. The number of primary amides is 1. The highest BCUT2D eigenvalue weighted by atomic mass is 79.9. The molecular weight excluding hydrogens is 1520 g/mol. The number of ether oxygens (including phenoxy) is 6. The molecule has 1 aromatic heterocycles. The summed E-state index contributed by atoms with van der Waals surface area (Å²) in [5.41, 5.74) is 7.87. The molecule has 0 spiro atoms. The second-order valence-corrected chi connectivity index (χ2v) is 29.0. The van der Waals surface area contributed by atoms with Gasteiger partial charge in [-0.3, -0.25) is 53.0 Å². The van der Waals surface area contributed by atoms with Crippen LogP contribution >= 0.6 is 31.9 Å². The van der Waals surface area contributed by atoms with E-state index in [0.717, 1.165) is 4.90 Å². The SMILES string of the molecule is CC[C@H](C)[C@@H]([C@@H](CC(=O)N1CCC[C@H]1[C@H](OC)[C@@H](C)C(=O)N[C@H](C)[C@@H](O)c1ccccc1)OC)N(C)C(=O)[C@@H](NC(=O)[C@H](C(C)C)N(C)C(=O)OCc1ccc(NC(=O)[C@H](CCCNC(N)=O)NC(=O)[C@@H](NC(=O)COCCOCCOCCN2C(=O)c3nc(CBr)c(CBr)nc3C2=O)C(C)C)cc1)C(C)C. The maximum Gasteiger partial charge on any atom is 0.410 e. The van der Waals surface area contributed by atoms with Crippen LogP contribution < -0.4 is 37.6 Å². The van der Waals surface area contributed by atoms with Crippen LogP contribution in [0.15, 0.2) is 54.6 Å². The number of halogens is 2. The molecule has 0 aliphatic carbocycles. The molecule has 3 heterocycles. The topological polar surface area (TPSA) is 400 Å². The third-order valence-corrected chi connectivity index (χ3v) is 20.2. The van der Waals surface area contributed by atoms with Crippen molar-refractivity contribution in [1.82, 2.24) is 56.2 Å². The van der Waals surface area contributed by atoms with Gasteiger partial charge in [-0.05, 0) is 79.5 Å². The van der Waals surface area contributed by atoms with E-state index in [1.54, 1.807) is 109 Å². The minimum atomic E-state index is -1.16. The number of anilines is 1. The minimum Gasteiger partial charge on any atom is -0.445 e. The van der Waals surface area contributed by atoms with E-state index in [9.17, 15) is 57.8 Å². The number of amides is 12. The number of hydrogen-bond donors (Lipinski definition) is 8. The summed E-state index contributed by atoms with van der Waals surface area (Å²) in [4.78, 5) is 164. The fourth-order valence-electron chi connectivity index (χ4n) is 13.0. The van der Waals surface area contributed by atoms with Gasteiger partial charge < -0.3 is 81.0 Å². The van der Waals surface area contributed by atoms with Gasteiger partial charge in [-0.15, -0.1) is 0 Å². The van der Waals surface area contributed by atoms with E-state index in [-0.39, 0.29) is 101 Å².